The van der Waals surface area contributed by atoms with Gasteiger partial charge in [-0.2, -0.15) is 13.2 Å². The first-order chi connectivity index (χ1) is 17.7. The smallest absolute Gasteiger partial charge is 0.475 e. The number of carboxylic acid groups (broad SMARTS) is 1. The van der Waals surface area contributed by atoms with Crippen molar-refractivity contribution in [2.75, 3.05) is 33.2 Å². The molecular formula is C26H30F5N3O4. The standard InChI is InChI=1S/C24H29F2N3O2.C2HF3O2/c1-15-11-29(12-16(2)24(15,31)17-5-4-8-27-10-17)23(30)21-14-28(3)13-20(21)19-7-6-18(25)9-22(19)26;3-2(4,5)1(6)7/h4-10,15-16,20-21,31H,11-14H2,1-3H3;(H,6,7)/t15-,16+,20-,21+,24?;/m0./s1. The van der Waals surface area contributed by atoms with Crippen LogP contribution in [0.1, 0.15) is 30.9 Å². The number of benzene rings is 1. The molecule has 2 aliphatic rings. The first-order valence-electron chi connectivity index (χ1n) is 12.0. The van der Waals surface area contributed by atoms with E-state index in [1.165, 1.54) is 12.1 Å². The van der Waals surface area contributed by atoms with Crippen LogP contribution in [0.15, 0.2) is 42.7 Å². The van der Waals surface area contributed by atoms with Crippen molar-refractivity contribution in [1.82, 2.24) is 14.8 Å². The Hall–Kier alpha value is -3.12. The minimum Gasteiger partial charge on any atom is -0.475 e. The molecule has 38 heavy (non-hydrogen) atoms. The molecule has 4 rings (SSSR count). The fourth-order valence-electron chi connectivity index (χ4n) is 5.45. The fraction of sp³-hybridized carbons (Fsp3) is 0.500. The molecule has 1 amide bonds. The molecule has 2 aliphatic heterocycles. The number of likely N-dealkylation sites (tertiary alicyclic amines) is 2. The van der Waals surface area contributed by atoms with Crippen LogP contribution < -0.4 is 0 Å². The van der Waals surface area contributed by atoms with Crippen LogP contribution in [-0.4, -0.2) is 76.3 Å². The van der Waals surface area contributed by atoms with Crippen molar-refractivity contribution < 1.29 is 41.8 Å². The summed E-state index contributed by atoms with van der Waals surface area (Å²) in [6, 6.07) is 7.26. The van der Waals surface area contributed by atoms with Gasteiger partial charge < -0.3 is 20.0 Å². The van der Waals surface area contributed by atoms with E-state index in [-0.39, 0.29) is 23.7 Å². The Bertz CT molecular complexity index is 1140. The van der Waals surface area contributed by atoms with Gasteiger partial charge in [0.25, 0.3) is 0 Å². The highest BCUT2D eigenvalue weighted by molar-refractivity contribution is 5.81. The van der Waals surface area contributed by atoms with E-state index in [0.717, 1.165) is 11.6 Å². The van der Waals surface area contributed by atoms with Gasteiger partial charge in [0, 0.05) is 68.0 Å². The third-order valence-corrected chi connectivity index (χ3v) is 7.35. The molecule has 1 unspecified atom stereocenters. The summed E-state index contributed by atoms with van der Waals surface area (Å²) in [5.41, 5.74) is 0.0722. The van der Waals surface area contributed by atoms with Gasteiger partial charge in [-0.1, -0.05) is 26.0 Å². The number of amides is 1. The summed E-state index contributed by atoms with van der Waals surface area (Å²) < 4.78 is 59.6. The quantitative estimate of drug-likeness (QED) is 0.575. The Labute approximate surface area is 216 Å². The number of aliphatic carboxylic acids is 1. The van der Waals surface area contributed by atoms with E-state index in [4.69, 9.17) is 9.90 Å². The third-order valence-electron chi connectivity index (χ3n) is 7.35. The number of pyridine rings is 1. The summed E-state index contributed by atoms with van der Waals surface area (Å²) >= 11 is 0. The first kappa shape index (κ1) is 29.4. The van der Waals surface area contributed by atoms with Crippen LogP contribution in [0.4, 0.5) is 22.0 Å². The summed E-state index contributed by atoms with van der Waals surface area (Å²) in [4.78, 5) is 30.4. The summed E-state index contributed by atoms with van der Waals surface area (Å²) in [5, 5.41) is 18.6. The molecule has 2 aromatic rings. The Balaban J connectivity index is 0.000000505. The number of aliphatic hydroxyl groups is 1. The number of hydrogen-bond donors (Lipinski definition) is 2. The summed E-state index contributed by atoms with van der Waals surface area (Å²) in [7, 11) is 1.91. The maximum atomic E-state index is 14.5. The van der Waals surface area contributed by atoms with Gasteiger partial charge in [0.05, 0.1) is 11.5 Å². The lowest BCUT2D eigenvalue weighted by Crippen LogP contribution is -2.57. The van der Waals surface area contributed by atoms with E-state index in [0.29, 0.717) is 31.7 Å². The Morgan fingerprint density at radius 1 is 1.05 bits per heavy atom. The van der Waals surface area contributed by atoms with Crippen LogP contribution >= 0.6 is 0 Å². The summed E-state index contributed by atoms with van der Waals surface area (Å²) in [6.45, 7) is 5.77. The van der Waals surface area contributed by atoms with Crippen LogP contribution in [0, 0.1) is 29.4 Å². The zero-order chi connectivity index (χ0) is 28.4. The minimum absolute atomic E-state index is 0.0370. The molecule has 0 spiro atoms. The van der Waals surface area contributed by atoms with Crippen LogP contribution in [0.5, 0.6) is 0 Å². The van der Waals surface area contributed by atoms with Gasteiger partial charge >= 0.3 is 12.1 Å². The second-order valence-corrected chi connectivity index (χ2v) is 10.0. The molecule has 5 atom stereocenters. The Kier molecular flexibility index (Phi) is 8.77. The average Bonchev–Trinajstić information content (AvgIpc) is 3.23. The number of carbonyl (C=O) groups is 2. The molecule has 208 valence electrons. The normalized spacial score (nSPS) is 28.0. The molecule has 1 aromatic carbocycles. The minimum atomic E-state index is -5.08. The fourth-order valence-corrected chi connectivity index (χ4v) is 5.45. The highest BCUT2D eigenvalue weighted by atomic mass is 19.4. The summed E-state index contributed by atoms with van der Waals surface area (Å²) in [6.07, 6.45) is -1.73. The van der Waals surface area contributed by atoms with Crippen molar-refractivity contribution >= 4 is 11.9 Å². The number of aromatic nitrogens is 1. The van der Waals surface area contributed by atoms with Crippen molar-refractivity contribution in [1.29, 1.82) is 0 Å². The maximum absolute atomic E-state index is 14.5. The molecule has 2 saturated heterocycles. The topological polar surface area (TPSA) is 94.0 Å². The van der Waals surface area contributed by atoms with E-state index in [2.05, 4.69) is 4.98 Å². The zero-order valence-corrected chi connectivity index (χ0v) is 21.1. The molecule has 0 aliphatic carbocycles. The third kappa shape index (κ3) is 6.12. The average molecular weight is 544 g/mol. The monoisotopic (exact) mass is 543 g/mol. The number of carboxylic acids is 1. The van der Waals surface area contributed by atoms with E-state index in [9.17, 15) is 31.9 Å². The molecule has 2 N–H and O–H groups in total. The lowest BCUT2D eigenvalue weighted by Gasteiger charge is -2.48. The van der Waals surface area contributed by atoms with Crippen LogP contribution in [0.25, 0.3) is 0 Å². The van der Waals surface area contributed by atoms with Crippen LogP contribution in [0.2, 0.25) is 0 Å². The van der Waals surface area contributed by atoms with E-state index in [1.54, 1.807) is 23.4 Å². The number of alkyl halides is 3. The van der Waals surface area contributed by atoms with Gasteiger partial charge in [-0.3, -0.25) is 9.78 Å². The van der Waals surface area contributed by atoms with Gasteiger partial charge in [-0.05, 0) is 24.7 Å². The Morgan fingerprint density at radius 2 is 1.66 bits per heavy atom. The lowest BCUT2D eigenvalue weighted by atomic mass is 9.71. The maximum Gasteiger partial charge on any atom is 0.490 e. The van der Waals surface area contributed by atoms with Gasteiger partial charge in [-0.15, -0.1) is 0 Å². The molecular weight excluding hydrogens is 513 g/mol. The molecule has 2 fully saturated rings. The second-order valence-electron chi connectivity index (χ2n) is 10.0. The number of halogens is 5. The molecule has 0 radical (unpaired) electrons. The van der Waals surface area contributed by atoms with Crippen LogP contribution in [0.3, 0.4) is 0 Å². The first-order valence-corrected chi connectivity index (χ1v) is 12.0. The number of piperidine rings is 1. The van der Waals surface area contributed by atoms with E-state index in [1.807, 2.05) is 31.9 Å². The second kappa shape index (κ2) is 11.3. The van der Waals surface area contributed by atoms with E-state index < -0.39 is 35.3 Å². The predicted octanol–water partition coefficient (Wildman–Crippen LogP) is 3.64. The number of carbonyl (C=O) groups excluding carboxylic acids is 1. The number of likely N-dealkylation sites (N-methyl/N-ethyl adjacent to an activating group) is 1. The van der Waals surface area contributed by atoms with Gasteiger partial charge in [-0.25, -0.2) is 13.6 Å². The lowest BCUT2D eigenvalue weighted by molar-refractivity contribution is -0.192. The molecule has 1 aromatic heterocycles. The van der Waals surface area contributed by atoms with Crippen molar-refractivity contribution in [2.24, 2.45) is 17.8 Å². The summed E-state index contributed by atoms with van der Waals surface area (Å²) in [5.74, 6) is -5.14. The molecule has 3 heterocycles. The molecule has 0 bridgehead atoms. The largest absolute Gasteiger partial charge is 0.490 e. The number of hydrogen-bond acceptors (Lipinski definition) is 5. The highest BCUT2D eigenvalue weighted by Crippen LogP contribution is 2.42. The predicted molar refractivity (Wildman–Crippen MR) is 127 cm³/mol. The van der Waals surface area contributed by atoms with Gasteiger partial charge in [0.2, 0.25) is 5.91 Å². The SMILES string of the molecule is C[C@@H]1CN(C(=O)[C@@H]2CN(C)C[C@H]2c2ccc(F)cc2F)C[C@H](C)C1(O)c1cccnc1.O=C(O)C(F)(F)F. The number of rotatable bonds is 3. The van der Waals surface area contributed by atoms with Gasteiger partial charge in [0.1, 0.15) is 11.6 Å². The Morgan fingerprint density at radius 3 is 2.16 bits per heavy atom. The van der Waals surface area contributed by atoms with Gasteiger partial charge in [0.15, 0.2) is 0 Å². The van der Waals surface area contributed by atoms with Crippen molar-refractivity contribution in [3.63, 3.8) is 0 Å². The van der Waals surface area contributed by atoms with Crippen molar-refractivity contribution in [3.05, 3.63) is 65.5 Å². The van der Waals surface area contributed by atoms with Crippen molar-refractivity contribution in [2.45, 2.75) is 31.5 Å². The molecule has 12 heteroatoms. The zero-order valence-electron chi connectivity index (χ0n) is 21.1. The number of nitrogens with zero attached hydrogens (tertiary/aromatic N) is 3. The highest BCUT2D eigenvalue weighted by Gasteiger charge is 2.49. The molecule has 0 saturated carbocycles. The van der Waals surface area contributed by atoms with Crippen LogP contribution in [-0.2, 0) is 15.2 Å². The molecule has 7 nitrogen and oxygen atoms in total. The van der Waals surface area contributed by atoms with Crippen molar-refractivity contribution in [3.8, 4) is 0 Å². The van der Waals surface area contributed by atoms with E-state index >= 15 is 0 Å².